The normalized spacial score (nSPS) is 15.2. The Balaban J connectivity index is 1.34. The number of rotatable bonds is 6. The fraction of sp³-hybridized carbons (Fsp3) is 0.545. The van der Waals surface area contributed by atoms with Crippen LogP contribution in [-0.4, -0.2) is 62.4 Å². The number of hydrogen-bond donors (Lipinski definition) is 1. The van der Waals surface area contributed by atoms with Gasteiger partial charge in [0.25, 0.3) is 0 Å². The number of pyridine rings is 1. The molecule has 0 spiro atoms. The number of piperidine rings is 1. The molecule has 1 amide bonds. The average Bonchev–Trinajstić information content (AvgIpc) is 3.32. The highest BCUT2D eigenvalue weighted by Crippen LogP contribution is 2.28. The number of hydrogen-bond acceptors (Lipinski definition) is 8. The Labute approximate surface area is 191 Å². The maximum absolute atomic E-state index is 12.2. The number of carbonyl (C=O) groups excluding carboxylic acids is 1. The zero-order valence-electron chi connectivity index (χ0n) is 19.0. The van der Waals surface area contributed by atoms with E-state index < -0.39 is 5.60 Å². The van der Waals surface area contributed by atoms with Gasteiger partial charge in [-0.2, -0.15) is 0 Å². The Morgan fingerprint density at radius 3 is 2.75 bits per heavy atom. The predicted molar refractivity (Wildman–Crippen MR) is 124 cm³/mol. The lowest BCUT2D eigenvalue weighted by Gasteiger charge is -2.33. The van der Waals surface area contributed by atoms with Crippen molar-refractivity contribution in [2.75, 3.05) is 31.6 Å². The standard InChI is InChI=1S/C22H30N6O3S/c1-5-30-17-10-16(12-23-13-17)18-14-25-20-28(18)26-19(32-20)24-11-15-6-8-27(9-7-15)21(29)31-22(2,3)4/h10,12-15H,5-9,11H2,1-4H3,(H,24,26). The molecule has 4 rings (SSSR count). The van der Waals surface area contributed by atoms with Gasteiger partial charge in [-0.05, 0) is 52.5 Å². The molecular formula is C22H30N6O3S. The van der Waals surface area contributed by atoms with Gasteiger partial charge in [0.2, 0.25) is 10.1 Å². The lowest BCUT2D eigenvalue weighted by molar-refractivity contribution is 0.0188. The van der Waals surface area contributed by atoms with Crippen molar-refractivity contribution in [3.8, 4) is 17.0 Å². The number of fused-ring (bicyclic) bond motifs is 1. The van der Waals surface area contributed by atoms with E-state index in [2.05, 4.69) is 15.3 Å². The van der Waals surface area contributed by atoms with Crippen molar-refractivity contribution in [2.24, 2.45) is 5.92 Å². The van der Waals surface area contributed by atoms with E-state index in [1.54, 1.807) is 17.3 Å². The SMILES string of the molecule is CCOc1cncc(-c2cnc3sc(NCC4CCN(C(=O)OC(C)(C)C)CC4)nn23)c1. The van der Waals surface area contributed by atoms with Crippen LogP contribution >= 0.6 is 11.3 Å². The summed E-state index contributed by atoms with van der Waals surface area (Å²) in [5.41, 5.74) is 1.33. The lowest BCUT2D eigenvalue weighted by Crippen LogP contribution is -2.42. The van der Waals surface area contributed by atoms with Crippen LogP contribution < -0.4 is 10.1 Å². The topological polar surface area (TPSA) is 93.9 Å². The molecule has 0 radical (unpaired) electrons. The summed E-state index contributed by atoms with van der Waals surface area (Å²) in [5, 5.41) is 8.99. The van der Waals surface area contributed by atoms with Gasteiger partial charge in [-0.3, -0.25) is 4.98 Å². The zero-order chi connectivity index (χ0) is 22.7. The first-order chi connectivity index (χ1) is 15.3. The van der Waals surface area contributed by atoms with Gasteiger partial charge in [0.1, 0.15) is 11.4 Å². The molecule has 3 aromatic heterocycles. The highest BCUT2D eigenvalue weighted by atomic mass is 32.1. The molecule has 3 aromatic rings. The fourth-order valence-corrected chi connectivity index (χ4v) is 4.43. The molecule has 1 saturated heterocycles. The number of imidazole rings is 1. The summed E-state index contributed by atoms with van der Waals surface area (Å²) >= 11 is 1.52. The Bertz CT molecular complexity index is 1070. The van der Waals surface area contributed by atoms with Crippen LogP contribution in [0.25, 0.3) is 16.2 Å². The van der Waals surface area contributed by atoms with Gasteiger partial charge in [0, 0.05) is 31.4 Å². The Morgan fingerprint density at radius 1 is 1.25 bits per heavy atom. The number of carbonyl (C=O) groups is 1. The molecule has 1 aliphatic heterocycles. The molecular weight excluding hydrogens is 428 g/mol. The minimum absolute atomic E-state index is 0.222. The average molecular weight is 459 g/mol. The maximum atomic E-state index is 12.2. The molecule has 10 heteroatoms. The van der Waals surface area contributed by atoms with E-state index in [1.165, 1.54) is 11.3 Å². The molecule has 1 N–H and O–H groups in total. The van der Waals surface area contributed by atoms with Gasteiger partial charge < -0.3 is 19.7 Å². The molecule has 0 atom stereocenters. The number of amides is 1. The van der Waals surface area contributed by atoms with Crippen molar-refractivity contribution in [1.82, 2.24) is 24.5 Å². The Hall–Kier alpha value is -2.88. The maximum Gasteiger partial charge on any atom is 0.410 e. The highest BCUT2D eigenvalue weighted by Gasteiger charge is 2.27. The highest BCUT2D eigenvalue weighted by molar-refractivity contribution is 7.20. The number of aromatic nitrogens is 4. The first-order valence-corrected chi connectivity index (χ1v) is 11.8. The minimum atomic E-state index is -0.461. The number of likely N-dealkylation sites (tertiary alicyclic amines) is 1. The van der Waals surface area contributed by atoms with Crippen LogP contribution in [0.2, 0.25) is 0 Å². The number of anilines is 1. The van der Waals surface area contributed by atoms with Crippen molar-refractivity contribution in [3.05, 3.63) is 24.7 Å². The van der Waals surface area contributed by atoms with Crippen molar-refractivity contribution < 1.29 is 14.3 Å². The first kappa shape index (κ1) is 22.3. The largest absolute Gasteiger partial charge is 0.492 e. The second kappa shape index (κ2) is 9.32. The fourth-order valence-electron chi connectivity index (χ4n) is 3.64. The molecule has 1 aliphatic rings. The Kier molecular flexibility index (Phi) is 6.50. The quantitative estimate of drug-likeness (QED) is 0.588. The third kappa shape index (κ3) is 5.29. The van der Waals surface area contributed by atoms with E-state index in [4.69, 9.17) is 14.6 Å². The van der Waals surface area contributed by atoms with Crippen LogP contribution in [-0.2, 0) is 4.74 Å². The van der Waals surface area contributed by atoms with Crippen LogP contribution in [0, 0.1) is 5.92 Å². The van der Waals surface area contributed by atoms with Crippen LogP contribution in [0.15, 0.2) is 24.7 Å². The lowest BCUT2D eigenvalue weighted by atomic mass is 9.97. The smallest absolute Gasteiger partial charge is 0.410 e. The molecule has 0 bridgehead atoms. The van der Waals surface area contributed by atoms with Crippen LogP contribution in [0.1, 0.15) is 40.5 Å². The first-order valence-electron chi connectivity index (χ1n) is 11.0. The van der Waals surface area contributed by atoms with Gasteiger partial charge in [-0.25, -0.2) is 14.3 Å². The zero-order valence-corrected chi connectivity index (χ0v) is 19.8. The molecule has 0 aliphatic carbocycles. The predicted octanol–water partition coefficient (Wildman–Crippen LogP) is 4.31. The molecule has 0 saturated carbocycles. The molecule has 0 aromatic carbocycles. The van der Waals surface area contributed by atoms with Crippen LogP contribution in [0.3, 0.4) is 0 Å². The second-order valence-electron chi connectivity index (χ2n) is 8.88. The van der Waals surface area contributed by atoms with Crippen molar-refractivity contribution in [2.45, 2.75) is 46.1 Å². The van der Waals surface area contributed by atoms with E-state index in [0.29, 0.717) is 12.5 Å². The van der Waals surface area contributed by atoms with E-state index in [1.807, 2.05) is 44.5 Å². The van der Waals surface area contributed by atoms with Gasteiger partial charge >= 0.3 is 6.09 Å². The number of ether oxygens (including phenoxy) is 2. The Morgan fingerprint density at radius 2 is 2.03 bits per heavy atom. The van der Waals surface area contributed by atoms with Crippen molar-refractivity contribution in [1.29, 1.82) is 0 Å². The van der Waals surface area contributed by atoms with Crippen molar-refractivity contribution >= 4 is 27.5 Å². The van der Waals surface area contributed by atoms with Crippen molar-refractivity contribution in [3.63, 3.8) is 0 Å². The summed E-state index contributed by atoms with van der Waals surface area (Å²) in [6.07, 6.45) is 6.96. The van der Waals surface area contributed by atoms with E-state index in [-0.39, 0.29) is 6.09 Å². The van der Waals surface area contributed by atoms with Gasteiger partial charge in [-0.15, -0.1) is 5.10 Å². The van der Waals surface area contributed by atoms with E-state index in [9.17, 15) is 4.79 Å². The summed E-state index contributed by atoms with van der Waals surface area (Å²) in [4.78, 5) is 23.6. The van der Waals surface area contributed by atoms with E-state index in [0.717, 1.165) is 59.6 Å². The monoisotopic (exact) mass is 458 g/mol. The summed E-state index contributed by atoms with van der Waals surface area (Å²) in [7, 11) is 0. The van der Waals surface area contributed by atoms with Gasteiger partial charge in [-0.1, -0.05) is 11.3 Å². The van der Waals surface area contributed by atoms with Gasteiger partial charge in [0.05, 0.1) is 24.7 Å². The number of nitrogens with one attached hydrogen (secondary N) is 1. The molecule has 32 heavy (non-hydrogen) atoms. The molecule has 1 fully saturated rings. The third-order valence-electron chi connectivity index (χ3n) is 5.21. The molecule has 9 nitrogen and oxygen atoms in total. The second-order valence-corrected chi connectivity index (χ2v) is 9.84. The summed E-state index contributed by atoms with van der Waals surface area (Å²) in [6.45, 7) is 10.5. The third-order valence-corrected chi connectivity index (χ3v) is 6.09. The van der Waals surface area contributed by atoms with Gasteiger partial charge in [0.15, 0.2) is 0 Å². The summed E-state index contributed by atoms with van der Waals surface area (Å²) in [6, 6.07) is 1.95. The van der Waals surface area contributed by atoms with E-state index >= 15 is 0 Å². The summed E-state index contributed by atoms with van der Waals surface area (Å²) in [5.74, 6) is 1.21. The van der Waals surface area contributed by atoms with Crippen LogP contribution in [0.4, 0.5) is 9.93 Å². The van der Waals surface area contributed by atoms with Crippen LogP contribution in [0.5, 0.6) is 5.75 Å². The molecule has 4 heterocycles. The minimum Gasteiger partial charge on any atom is -0.492 e. The molecule has 0 unspecified atom stereocenters. The molecule has 172 valence electrons. The summed E-state index contributed by atoms with van der Waals surface area (Å²) < 4.78 is 12.9. The number of nitrogens with zero attached hydrogens (tertiary/aromatic N) is 5.